The molecular weight excluding hydrogens is 360 g/mol. The number of aliphatic carboxylic acids is 1. The molecule has 0 radical (unpaired) electrons. The van der Waals surface area contributed by atoms with Gasteiger partial charge in [-0.15, -0.1) is 0 Å². The van der Waals surface area contributed by atoms with Gasteiger partial charge in [0.2, 0.25) is 11.7 Å². The van der Waals surface area contributed by atoms with E-state index in [1.165, 1.54) is 6.92 Å². The molecule has 1 amide bonds. The van der Waals surface area contributed by atoms with E-state index >= 15 is 0 Å². The van der Waals surface area contributed by atoms with Crippen LogP contribution in [0.5, 0.6) is 5.75 Å². The topological polar surface area (TPSA) is 108 Å². The quantitative estimate of drug-likeness (QED) is 0.546. The summed E-state index contributed by atoms with van der Waals surface area (Å²) in [4.78, 5) is 39.2. The number of rotatable bonds is 7. The van der Waals surface area contributed by atoms with Crippen molar-refractivity contribution in [2.75, 3.05) is 7.11 Å². The SMILES string of the molecule is COc1ccc(C(=O)c2[nH]c3ccccc3c2C[C@H](NC(C)=O)C(=O)O)cc1. The van der Waals surface area contributed by atoms with Gasteiger partial charge in [0.15, 0.2) is 0 Å². The number of aromatic nitrogens is 1. The molecule has 0 saturated heterocycles. The third-order valence-electron chi connectivity index (χ3n) is 4.48. The van der Waals surface area contributed by atoms with E-state index < -0.39 is 17.9 Å². The van der Waals surface area contributed by atoms with Gasteiger partial charge >= 0.3 is 5.97 Å². The molecule has 1 atom stereocenters. The molecule has 0 bridgehead atoms. The zero-order chi connectivity index (χ0) is 20.3. The zero-order valence-corrected chi connectivity index (χ0v) is 15.5. The molecule has 28 heavy (non-hydrogen) atoms. The minimum Gasteiger partial charge on any atom is -0.497 e. The van der Waals surface area contributed by atoms with E-state index in [-0.39, 0.29) is 12.2 Å². The largest absolute Gasteiger partial charge is 0.497 e. The number of methoxy groups -OCH3 is 1. The van der Waals surface area contributed by atoms with Gasteiger partial charge in [-0.05, 0) is 35.9 Å². The van der Waals surface area contributed by atoms with E-state index in [1.807, 2.05) is 24.3 Å². The van der Waals surface area contributed by atoms with Gasteiger partial charge in [-0.2, -0.15) is 0 Å². The Balaban J connectivity index is 2.06. The fraction of sp³-hybridized carbons (Fsp3) is 0.190. The molecule has 3 aromatic rings. The number of carbonyl (C=O) groups is 3. The number of ketones is 1. The van der Waals surface area contributed by atoms with Crippen LogP contribution in [-0.4, -0.2) is 40.9 Å². The van der Waals surface area contributed by atoms with Crippen LogP contribution in [-0.2, 0) is 16.0 Å². The van der Waals surface area contributed by atoms with Crippen molar-refractivity contribution in [1.29, 1.82) is 0 Å². The Morgan fingerprint density at radius 3 is 2.39 bits per heavy atom. The number of ether oxygens (including phenoxy) is 1. The molecule has 0 aliphatic rings. The summed E-state index contributed by atoms with van der Waals surface area (Å²) >= 11 is 0. The highest BCUT2D eigenvalue weighted by atomic mass is 16.5. The monoisotopic (exact) mass is 380 g/mol. The first kappa shape index (κ1) is 19.2. The standard InChI is InChI=1S/C21H20N2O5/c1-12(24)22-18(21(26)27)11-16-15-5-3-4-6-17(15)23-19(16)20(25)13-7-9-14(28-2)10-8-13/h3-10,18,23H,11H2,1-2H3,(H,22,24)(H,26,27)/t18-/m0/s1. The number of fused-ring (bicyclic) bond motifs is 1. The average molecular weight is 380 g/mol. The van der Waals surface area contributed by atoms with Crippen molar-refractivity contribution in [3.8, 4) is 5.75 Å². The number of benzene rings is 2. The molecule has 3 N–H and O–H groups in total. The number of aromatic amines is 1. The molecule has 7 nitrogen and oxygen atoms in total. The maximum atomic E-state index is 13.1. The normalized spacial score (nSPS) is 11.8. The van der Waals surface area contributed by atoms with Gasteiger partial charge in [-0.25, -0.2) is 4.79 Å². The number of carboxylic acids is 1. The molecule has 0 unspecified atom stereocenters. The molecule has 1 heterocycles. The number of hydrogen-bond acceptors (Lipinski definition) is 4. The number of para-hydroxylation sites is 1. The van der Waals surface area contributed by atoms with Gasteiger partial charge in [-0.1, -0.05) is 18.2 Å². The molecule has 144 valence electrons. The summed E-state index contributed by atoms with van der Waals surface area (Å²) in [5, 5.41) is 12.6. The maximum absolute atomic E-state index is 13.1. The van der Waals surface area contributed by atoms with E-state index in [0.717, 1.165) is 10.9 Å². The molecular formula is C21H20N2O5. The lowest BCUT2D eigenvalue weighted by molar-refractivity contribution is -0.141. The minimum atomic E-state index is -1.16. The molecule has 0 aliphatic carbocycles. The third kappa shape index (κ3) is 3.88. The summed E-state index contributed by atoms with van der Waals surface area (Å²) in [5.74, 6) is -1.25. The van der Waals surface area contributed by atoms with Gasteiger partial charge in [0, 0.05) is 29.8 Å². The van der Waals surface area contributed by atoms with E-state index in [2.05, 4.69) is 10.3 Å². The van der Waals surface area contributed by atoms with E-state index in [1.54, 1.807) is 31.4 Å². The van der Waals surface area contributed by atoms with Gasteiger partial charge in [0.25, 0.3) is 0 Å². The number of H-pyrrole nitrogens is 1. The zero-order valence-electron chi connectivity index (χ0n) is 15.5. The van der Waals surface area contributed by atoms with Crippen molar-refractivity contribution >= 4 is 28.6 Å². The predicted octanol–water partition coefficient (Wildman–Crippen LogP) is 2.54. The minimum absolute atomic E-state index is 0.0177. The van der Waals surface area contributed by atoms with Crippen molar-refractivity contribution in [3.05, 3.63) is 65.4 Å². The number of hydrogen-bond donors (Lipinski definition) is 3. The van der Waals surface area contributed by atoms with Crippen LogP contribution < -0.4 is 10.1 Å². The Hall–Kier alpha value is -3.61. The Morgan fingerprint density at radius 1 is 1.11 bits per heavy atom. The third-order valence-corrected chi connectivity index (χ3v) is 4.48. The summed E-state index contributed by atoms with van der Waals surface area (Å²) in [5.41, 5.74) is 2.03. The molecule has 1 aromatic heterocycles. The second-order valence-electron chi connectivity index (χ2n) is 6.38. The first-order valence-electron chi connectivity index (χ1n) is 8.69. The van der Waals surface area contributed by atoms with E-state index in [4.69, 9.17) is 4.74 Å². The smallest absolute Gasteiger partial charge is 0.326 e. The van der Waals surface area contributed by atoms with Crippen LogP contribution >= 0.6 is 0 Å². The number of carbonyl (C=O) groups excluding carboxylic acids is 2. The second-order valence-corrected chi connectivity index (χ2v) is 6.38. The van der Waals surface area contributed by atoms with Gasteiger partial charge in [0.05, 0.1) is 12.8 Å². The average Bonchev–Trinajstić information content (AvgIpc) is 3.05. The summed E-state index contributed by atoms with van der Waals surface area (Å²) in [6.45, 7) is 1.26. The maximum Gasteiger partial charge on any atom is 0.326 e. The molecule has 0 aliphatic heterocycles. The van der Waals surface area contributed by atoms with Gasteiger partial charge in [0.1, 0.15) is 11.8 Å². The molecule has 0 saturated carbocycles. The van der Waals surface area contributed by atoms with Crippen molar-refractivity contribution in [2.24, 2.45) is 0 Å². The number of amides is 1. The predicted molar refractivity (Wildman–Crippen MR) is 104 cm³/mol. The number of carboxylic acid groups (broad SMARTS) is 1. The summed E-state index contributed by atoms with van der Waals surface area (Å²) in [6, 6.07) is 12.8. The fourth-order valence-corrected chi connectivity index (χ4v) is 3.14. The lowest BCUT2D eigenvalue weighted by Crippen LogP contribution is -2.41. The lowest BCUT2D eigenvalue weighted by atomic mass is 9.98. The Bertz CT molecular complexity index is 1040. The second kappa shape index (κ2) is 7.96. The molecule has 0 spiro atoms. The van der Waals surface area contributed by atoms with E-state index in [9.17, 15) is 19.5 Å². The highest BCUT2D eigenvalue weighted by molar-refractivity contribution is 6.12. The summed E-state index contributed by atoms with van der Waals surface area (Å²) in [7, 11) is 1.54. The van der Waals surface area contributed by atoms with Crippen LogP contribution in [0.2, 0.25) is 0 Å². The van der Waals surface area contributed by atoms with Crippen LogP contribution in [0, 0.1) is 0 Å². The highest BCUT2D eigenvalue weighted by Crippen LogP contribution is 2.26. The van der Waals surface area contributed by atoms with Crippen molar-refractivity contribution < 1.29 is 24.2 Å². The lowest BCUT2D eigenvalue weighted by Gasteiger charge is -2.14. The Morgan fingerprint density at radius 2 is 1.79 bits per heavy atom. The van der Waals surface area contributed by atoms with Crippen molar-refractivity contribution in [1.82, 2.24) is 10.3 Å². The first-order valence-corrected chi connectivity index (χ1v) is 8.69. The first-order chi connectivity index (χ1) is 13.4. The molecule has 7 heteroatoms. The molecule has 2 aromatic carbocycles. The molecule has 0 fully saturated rings. The number of nitrogens with one attached hydrogen (secondary N) is 2. The fourth-order valence-electron chi connectivity index (χ4n) is 3.14. The van der Waals surface area contributed by atoms with Crippen molar-refractivity contribution in [2.45, 2.75) is 19.4 Å². The Kier molecular flexibility index (Phi) is 5.44. The van der Waals surface area contributed by atoms with Gasteiger partial charge < -0.3 is 20.1 Å². The van der Waals surface area contributed by atoms with Crippen LogP contribution in [0.25, 0.3) is 10.9 Å². The van der Waals surface area contributed by atoms with Crippen LogP contribution in [0.15, 0.2) is 48.5 Å². The van der Waals surface area contributed by atoms with Gasteiger partial charge in [-0.3, -0.25) is 9.59 Å². The summed E-state index contributed by atoms with van der Waals surface area (Å²) in [6.07, 6.45) is -0.0177. The highest BCUT2D eigenvalue weighted by Gasteiger charge is 2.25. The Labute approximate surface area is 161 Å². The summed E-state index contributed by atoms with van der Waals surface area (Å²) < 4.78 is 5.12. The van der Waals surface area contributed by atoms with E-state index in [0.29, 0.717) is 22.6 Å². The van der Waals surface area contributed by atoms with Crippen molar-refractivity contribution in [3.63, 3.8) is 0 Å². The van der Waals surface area contributed by atoms with Crippen LogP contribution in [0.4, 0.5) is 0 Å². The van der Waals surface area contributed by atoms with Crippen LogP contribution in [0.3, 0.4) is 0 Å². The molecule has 3 rings (SSSR count). The van der Waals surface area contributed by atoms with Crippen LogP contribution in [0.1, 0.15) is 28.5 Å².